The Balaban J connectivity index is 1.80. The van der Waals surface area contributed by atoms with Crippen molar-refractivity contribution in [3.63, 3.8) is 0 Å². The van der Waals surface area contributed by atoms with Crippen LogP contribution in [0.3, 0.4) is 0 Å². The molecule has 2 aromatic rings. The summed E-state index contributed by atoms with van der Waals surface area (Å²) < 4.78 is 0. The normalized spacial score (nSPS) is 15.2. The van der Waals surface area contributed by atoms with E-state index in [1.54, 1.807) is 21.8 Å². The van der Waals surface area contributed by atoms with Crippen molar-refractivity contribution in [2.24, 2.45) is 0 Å². The van der Waals surface area contributed by atoms with Gasteiger partial charge in [0.05, 0.1) is 4.88 Å². The molecule has 1 N–H and O–H groups in total. The van der Waals surface area contributed by atoms with E-state index in [0.29, 0.717) is 0 Å². The third-order valence-corrected chi connectivity index (χ3v) is 5.78. The molecule has 2 aromatic heterocycles. The standard InChI is InChI=1S/C14H19N3S2/c1-2-15-9-13-16-17-14(19-13)12-8-10-6-4-3-5-7-11(10)18-12/h8,15H,2-7,9H2,1H3. The van der Waals surface area contributed by atoms with Crippen LogP contribution in [0.15, 0.2) is 6.07 Å². The molecule has 102 valence electrons. The highest BCUT2D eigenvalue weighted by Gasteiger charge is 2.15. The van der Waals surface area contributed by atoms with Crippen LogP contribution in [0.25, 0.3) is 9.88 Å². The third-order valence-electron chi connectivity index (χ3n) is 3.45. The number of thiophene rings is 1. The number of aromatic nitrogens is 2. The second-order valence-electron chi connectivity index (χ2n) is 4.90. The van der Waals surface area contributed by atoms with Gasteiger partial charge < -0.3 is 5.32 Å². The van der Waals surface area contributed by atoms with E-state index in [1.807, 2.05) is 11.3 Å². The average molecular weight is 293 g/mol. The lowest BCUT2D eigenvalue weighted by Crippen LogP contribution is -2.11. The van der Waals surface area contributed by atoms with Crippen LogP contribution in [0.5, 0.6) is 0 Å². The summed E-state index contributed by atoms with van der Waals surface area (Å²) in [4.78, 5) is 2.89. The Hall–Kier alpha value is -0.780. The maximum Gasteiger partial charge on any atom is 0.157 e. The van der Waals surface area contributed by atoms with Gasteiger partial charge in [0.15, 0.2) is 5.01 Å². The van der Waals surface area contributed by atoms with E-state index >= 15 is 0 Å². The first-order valence-corrected chi connectivity index (χ1v) is 8.65. The quantitative estimate of drug-likeness (QED) is 0.875. The Morgan fingerprint density at radius 1 is 1.16 bits per heavy atom. The van der Waals surface area contributed by atoms with Crippen molar-refractivity contribution in [2.45, 2.75) is 45.6 Å². The summed E-state index contributed by atoms with van der Waals surface area (Å²) in [5, 5.41) is 14.1. The predicted octanol–water partition coefficient (Wildman–Crippen LogP) is 3.65. The molecule has 0 radical (unpaired) electrons. The number of nitrogens with zero attached hydrogens (tertiary/aromatic N) is 2. The molecule has 3 nitrogen and oxygen atoms in total. The lowest BCUT2D eigenvalue weighted by molar-refractivity contribution is 0.712. The summed E-state index contributed by atoms with van der Waals surface area (Å²) in [5.74, 6) is 0. The highest BCUT2D eigenvalue weighted by atomic mass is 32.1. The van der Waals surface area contributed by atoms with Crippen molar-refractivity contribution in [1.29, 1.82) is 0 Å². The Labute approximate surface area is 122 Å². The van der Waals surface area contributed by atoms with Crippen LogP contribution in [-0.4, -0.2) is 16.7 Å². The highest BCUT2D eigenvalue weighted by molar-refractivity contribution is 7.21. The number of fused-ring (bicyclic) bond motifs is 1. The molecular weight excluding hydrogens is 274 g/mol. The Morgan fingerprint density at radius 2 is 2.05 bits per heavy atom. The van der Waals surface area contributed by atoms with Crippen LogP contribution >= 0.6 is 22.7 Å². The maximum absolute atomic E-state index is 4.35. The zero-order chi connectivity index (χ0) is 13.1. The van der Waals surface area contributed by atoms with Gasteiger partial charge in [-0.25, -0.2) is 0 Å². The molecule has 0 unspecified atom stereocenters. The van der Waals surface area contributed by atoms with Gasteiger partial charge in [0.2, 0.25) is 0 Å². The Morgan fingerprint density at radius 3 is 2.95 bits per heavy atom. The van der Waals surface area contributed by atoms with Crippen molar-refractivity contribution in [3.05, 3.63) is 21.5 Å². The number of aryl methyl sites for hydroxylation is 2. The van der Waals surface area contributed by atoms with E-state index in [1.165, 1.54) is 37.0 Å². The molecule has 5 heteroatoms. The van der Waals surface area contributed by atoms with Crippen LogP contribution in [0.1, 0.15) is 41.6 Å². The van der Waals surface area contributed by atoms with Gasteiger partial charge >= 0.3 is 0 Å². The molecule has 2 heterocycles. The van der Waals surface area contributed by atoms with Gasteiger partial charge in [-0.05, 0) is 43.9 Å². The van der Waals surface area contributed by atoms with E-state index in [9.17, 15) is 0 Å². The fourth-order valence-corrected chi connectivity index (χ4v) is 4.53. The van der Waals surface area contributed by atoms with E-state index in [2.05, 4.69) is 28.5 Å². The maximum atomic E-state index is 4.35. The van der Waals surface area contributed by atoms with Crippen LogP contribution in [0.4, 0.5) is 0 Å². The molecule has 3 rings (SSSR count). The van der Waals surface area contributed by atoms with E-state index in [4.69, 9.17) is 0 Å². The molecule has 0 saturated heterocycles. The number of rotatable bonds is 4. The highest BCUT2D eigenvalue weighted by Crippen LogP contribution is 2.36. The smallest absolute Gasteiger partial charge is 0.157 e. The predicted molar refractivity (Wildman–Crippen MR) is 81.9 cm³/mol. The molecule has 0 fully saturated rings. The number of nitrogens with one attached hydrogen (secondary N) is 1. The molecule has 0 bridgehead atoms. The molecule has 0 amide bonds. The summed E-state index contributed by atoms with van der Waals surface area (Å²) in [7, 11) is 0. The van der Waals surface area contributed by atoms with E-state index < -0.39 is 0 Å². The summed E-state index contributed by atoms with van der Waals surface area (Å²) in [6.07, 6.45) is 6.56. The Kier molecular flexibility index (Phi) is 4.25. The lowest BCUT2D eigenvalue weighted by Gasteiger charge is -1.93. The van der Waals surface area contributed by atoms with Crippen molar-refractivity contribution < 1.29 is 0 Å². The minimum Gasteiger partial charge on any atom is -0.311 e. The van der Waals surface area contributed by atoms with Crippen molar-refractivity contribution in [3.8, 4) is 9.88 Å². The van der Waals surface area contributed by atoms with Gasteiger partial charge in [-0.3, -0.25) is 0 Å². The summed E-state index contributed by atoms with van der Waals surface area (Å²) >= 11 is 3.65. The van der Waals surface area contributed by atoms with Crippen LogP contribution in [0, 0.1) is 0 Å². The first-order valence-electron chi connectivity index (χ1n) is 7.02. The first kappa shape index (κ1) is 13.2. The fourth-order valence-electron chi connectivity index (χ4n) is 2.43. The third kappa shape index (κ3) is 3.04. The van der Waals surface area contributed by atoms with Gasteiger partial charge in [0, 0.05) is 11.4 Å². The van der Waals surface area contributed by atoms with Gasteiger partial charge in [-0.2, -0.15) is 0 Å². The van der Waals surface area contributed by atoms with Crippen molar-refractivity contribution >= 4 is 22.7 Å². The molecule has 0 saturated carbocycles. The molecule has 0 spiro atoms. The number of hydrogen-bond acceptors (Lipinski definition) is 5. The van der Waals surface area contributed by atoms with Crippen molar-refractivity contribution in [2.75, 3.05) is 6.54 Å². The summed E-state index contributed by atoms with van der Waals surface area (Å²) in [6, 6.07) is 2.35. The van der Waals surface area contributed by atoms with E-state index in [-0.39, 0.29) is 0 Å². The van der Waals surface area contributed by atoms with Gasteiger partial charge in [-0.15, -0.1) is 21.5 Å². The minimum atomic E-state index is 0.833. The second-order valence-corrected chi connectivity index (χ2v) is 7.10. The topological polar surface area (TPSA) is 37.8 Å². The monoisotopic (exact) mass is 293 g/mol. The van der Waals surface area contributed by atoms with Gasteiger partial charge in [-0.1, -0.05) is 24.7 Å². The Bertz CT molecular complexity index is 521. The molecule has 0 atom stereocenters. The molecular formula is C14H19N3S2. The van der Waals surface area contributed by atoms with E-state index in [0.717, 1.165) is 23.1 Å². The summed E-state index contributed by atoms with van der Waals surface area (Å²) in [6.45, 7) is 3.92. The van der Waals surface area contributed by atoms with Gasteiger partial charge in [0.25, 0.3) is 0 Å². The first-order chi connectivity index (χ1) is 9.36. The van der Waals surface area contributed by atoms with Crippen LogP contribution in [0.2, 0.25) is 0 Å². The molecule has 1 aliphatic rings. The van der Waals surface area contributed by atoms with Crippen molar-refractivity contribution in [1.82, 2.24) is 15.5 Å². The minimum absolute atomic E-state index is 0.833. The fraction of sp³-hybridized carbons (Fsp3) is 0.571. The second kappa shape index (κ2) is 6.11. The van der Waals surface area contributed by atoms with Crippen LogP contribution in [-0.2, 0) is 19.4 Å². The SMILES string of the molecule is CCNCc1nnc(-c2cc3c(s2)CCCCC3)s1. The molecule has 0 aliphatic heterocycles. The number of hydrogen-bond donors (Lipinski definition) is 1. The summed E-state index contributed by atoms with van der Waals surface area (Å²) in [5.41, 5.74) is 1.56. The molecule has 0 aromatic carbocycles. The lowest BCUT2D eigenvalue weighted by atomic mass is 10.1. The molecule has 1 aliphatic carbocycles. The zero-order valence-electron chi connectivity index (χ0n) is 11.2. The zero-order valence-corrected chi connectivity index (χ0v) is 12.9. The average Bonchev–Trinajstić information content (AvgIpc) is 2.99. The van der Waals surface area contributed by atoms with Crippen LogP contribution < -0.4 is 5.32 Å². The van der Waals surface area contributed by atoms with Gasteiger partial charge in [0.1, 0.15) is 5.01 Å². The largest absolute Gasteiger partial charge is 0.311 e. The molecule has 19 heavy (non-hydrogen) atoms.